The highest BCUT2D eigenvalue weighted by Gasteiger charge is 2.24. The number of benzene rings is 1. The van der Waals surface area contributed by atoms with Crippen LogP contribution in [0.4, 0.5) is 11.4 Å². The number of carbonyl (C=O) groups is 2. The molecule has 1 aliphatic rings. The predicted molar refractivity (Wildman–Crippen MR) is 107 cm³/mol. The van der Waals surface area contributed by atoms with Gasteiger partial charge in [-0.05, 0) is 37.5 Å². The van der Waals surface area contributed by atoms with Gasteiger partial charge in [-0.3, -0.25) is 19.7 Å². The molecule has 0 radical (unpaired) electrons. The van der Waals surface area contributed by atoms with Crippen LogP contribution in [0, 0.1) is 10.1 Å². The first-order valence-corrected chi connectivity index (χ1v) is 9.62. The van der Waals surface area contributed by atoms with Crippen molar-refractivity contribution >= 4 is 23.2 Å². The lowest BCUT2D eigenvalue weighted by Crippen LogP contribution is -2.46. The summed E-state index contributed by atoms with van der Waals surface area (Å²) in [7, 11) is 0. The molecule has 2 amide bonds. The lowest BCUT2D eigenvalue weighted by Gasteiger charge is -2.32. The maximum Gasteiger partial charge on any atom is 0.269 e. The van der Waals surface area contributed by atoms with Crippen LogP contribution in [0.5, 0.6) is 0 Å². The van der Waals surface area contributed by atoms with E-state index in [1.54, 1.807) is 23.1 Å². The summed E-state index contributed by atoms with van der Waals surface area (Å²) in [5, 5.41) is 16.8. The summed E-state index contributed by atoms with van der Waals surface area (Å²) >= 11 is 0. The Hall–Kier alpha value is -3.36. The molecule has 2 heterocycles. The Kier molecular flexibility index (Phi) is 6.83. The summed E-state index contributed by atoms with van der Waals surface area (Å²) in [6.07, 6.45) is 5.44. The van der Waals surface area contributed by atoms with E-state index in [-0.39, 0.29) is 23.5 Å². The lowest BCUT2D eigenvalue weighted by molar-refractivity contribution is -0.384. The maximum absolute atomic E-state index is 12.3. The number of amides is 2. The van der Waals surface area contributed by atoms with E-state index in [4.69, 9.17) is 4.42 Å². The quantitative estimate of drug-likeness (QED) is 0.400. The van der Waals surface area contributed by atoms with E-state index < -0.39 is 4.92 Å². The van der Waals surface area contributed by atoms with Crippen molar-refractivity contribution in [3.05, 3.63) is 58.5 Å². The summed E-state index contributed by atoms with van der Waals surface area (Å²) in [4.78, 5) is 36.4. The van der Waals surface area contributed by atoms with Crippen molar-refractivity contribution in [3.8, 4) is 0 Å². The van der Waals surface area contributed by atoms with Gasteiger partial charge in [-0.1, -0.05) is 0 Å². The molecule has 1 saturated heterocycles. The van der Waals surface area contributed by atoms with Crippen molar-refractivity contribution in [2.24, 2.45) is 0 Å². The number of rotatable bonds is 8. The van der Waals surface area contributed by atoms with Crippen molar-refractivity contribution in [1.82, 2.24) is 10.2 Å². The number of nitrogens with one attached hydrogen (secondary N) is 2. The number of nitro groups is 1. The second-order valence-electron chi connectivity index (χ2n) is 6.98. The molecule has 0 unspecified atom stereocenters. The zero-order chi connectivity index (χ0) is 20.6. The average Bonchev–Trinajstić information content (AvgIpc) is 3.26. The molecular formula is C20H24N4O5. The van der Waals surface area contributed by atoms with E-state index in [0.717, 1.165) is 18.5 Å². The first-order valence-electron chi connectivity index (χ1n) is 9.62. The fourth-order valence-electron chi connectivity index (χ4n) is 3.28. The number of hydrogen-bond donors (Lipinski definition) is 2. The second kappa shape index (κ2) is 9.72. The Morgan fingerprint density at radius 2 is 1.90 bits per heavy atom. The molecule has 154 valence electrons. The molecule has 2 N–H and O–H groups in total. The maximum atomic E-state index is 12.3. The molecule has 3 rings (SSSR count). The van der Waals surface area contributed by atoms with Crippen LogP contribution in [-0.2, 0) is 4.79 Å². The number of nitrogens with zero attached hydrogens (tertiary/aromatic N) is 2. The largest absolute Gasteiger partial charge is 0.472 e. The molecule has 2 aromatic rings. The van der Waals surface area contributed by atoms with Gasteiger partial charge in [0, 0.05) is 49.9 Å². The second-order valence-corrected chi connectivity index (χ2v) is 6.98. The molecule has 29 heavy (non-hydrogen) atoms. The first-order chi connectivity index (χ1) is 14.0. The monoisotopic (exact) mass is 400 g/mol. The molecule has 0 spiro atoms. The van der Waals surface area contributed by atoms with Gasteiger partial charge in [0.1, 0.15) is 6.26 Å². The predicted octanol–water partition coefficient (Wildman–Crippen LogP) is 2.80. The standard InChI is InChI=1S/C20H24N4O5/c25-19(2-1-10-21-16-3-5-18(6-4-16)24(27)28)22-17-7-11-23(12-8-17)20(26)15-9-13-29-14-15/h3-6,9,13-14,17,21H,1-2,7-8,10-12H2,(H,22,25). The molecule has 1 fully saturated rings. The van der Waals surface area contributed by atoms with Crippen molar-refractivity contribution in [1.29, 1.82) is 0 Å². The summed E-state index contributed by atoms with van der Waals surface area (Å²) in [6, 6.07) is 7.92. The van der Waals surface area contributed by atoms with Crippen LogP contribution in [0.2, 0.25) is 0 Å². The molecule has 9 heteroatoms. The van der Waals surface area contributed by atoms with E-state index >= 15 is 0 Å². The average molecular weight is 400 g/mol. The van der Waals surface area contributed by atoms with Crippen molar-refractivity contribution in [2.75, 3.05) is 25.0 Å². The van der Waals surface area contributed by atoms with Crippen LogP contribution >= 0.6 is 0 Å². The number of piperidine rings is 1. The summed E-state index contributed by atoms with van der Waals surface area (Å²) < 4.78 is 4.95. The molecule has 0 saturated carbocycles. The summed E-state index contributed by atoms with van der Waals surface area (Å²) in [5.41, 5.74) is 1.38. The zero-order valence-electron chi connectivity index (χ0n) is 16.0. The molecule has 1 aliphatic heterocycles. The van der Waals surface area contributed by atoms with Crippen molar-refractivity contribution in [2.45, 2.75) is 31.7 Å². The van der Waals surface area contributed by atoms with E-state index in [0.29, 0.717) is 38.0 Å². The van der Waals surface area contributed by atoms with Crippen molar-refractivity contribution < 1.29 is 18.9 Å². The summed E-state index contributed by atoms with van der Waals surface area (Å²) in [5.74, 6) is -0.0454. The van der Waals surface area contributed by atoms with Gasteiger partial charge in [0.25, 0.3) is 11.6 Å². The highest BCUT2D eigenvalue weighted by Crippen LogP contribution is 2.16. The van der Waals surface area contributed by atoms with E-state index in [2.05, 4.69) is 10.6 Å². The Labute approximate surface area is 168 Å². The van der Waals surface area contributed by atoms with Gasteiger partial charge in [-0.2, -0.15) is 0 Å². The number of likely N-dealkylation sites (tertiary alicyclic amines) is 1. The lowest BCUT2D eigenvalue weighted by atomic mass is 10.0. The molecular weight excluding hydrogens is 376 g/mol. The molecule has 0 bridgehead atoms. The number of furan rings is 1. The van der Waals surface area contributed by atoms with Gasteiger partial charge in [0.2, 0.25) is 5.91 Å². The molecule has 1 aromatic heterocycles. The number of carbonyl (C=O) groups excluding carboxylic acids is 2. The number of anilines is 1. The van der Waals surface area contributed by atoms with Crippen LogP contribution < -0.4 is 10.6 Å². The first kappa shape index (κ1) is 20.4. The topological polar surface area (TPSA) is 118 Å². The Balaban J connectivity index is 1.31. The molecule has 0 atom stereocenters. The Morgan fingerprint density at radius 3 is 2.52 bits per heavy atom. The Bertz CT molecular complexity index is 827. The highest BCUT2D eigenvalue weighted by atomic mass is 16.6. The third kappa shape index (κ3) is 5.81. The smallest absolute Gasteiger partial charge is 0.269 e. The van der Waals surface area contributed by atoms with Gasteiger partial charge in [0.05, 0.1) is 16.7 Å². The number of nitro benzene ring substituents is 1. The van der Waals surface area contributed by atoms with Gasteiger partial charge in [-0.15, -0.1) is 0 Å². The van der Waals surface area contributed by atoms with Gasteiger partial charge < -0.3 is 20.0 Å². The van der Waals surface area contributed by atoms with Crippen LogP contribution in [0.25, 0.3) is 0 Å². The van der Waals surface area contributed by atoms with Crippen LogP contribution in [-0.4, -0.2) is 47.3 Å². The minimum absolute atomic E-state index is 0.00453. The fraction of sp³-hybridized carbons (Fsp3) is 0.400. The fourth-order valence-corrected chi connectivity index (χ4v) is 3.28. The minimum atomic E-state index is -0.439. The normalized spacial score (nSPS) is 14.4. The van der Waals surface area contributed by atoms with E-state index in [9.17, 15) is 19.7 Å². The molecule has 1 aromatic carbocycles. The summed E-state index contributed by atoms with van der Waals surface area (Å²) in [6.45, 7) is 1.82. The van der Waals surface area contributed by atoms with Crippen molar-refractivity contribution in [3.63, 3.8) is 0 Å². The molecule has 9 nitrogen and oxygen atoms in total. The highest BCUT2D eigenvalue weighted by molar-refractivity contribution is 5.93. The SMILES string of the molecule is O=C(CCCNc1ccc([N+](=O)[O-])cc1)NC1CCN(C(=O)c2ccoc2)CC1. The van der Waals surface area contributed by atoms with Gasteiger partial charge in [0.15, 0.2) is 0 Å². The zero-order valence-corrected chi connectivity index (χ0v) is 16.0. The van der Waals surface area contributed by atoms with E-state index in [1.807, 2.05) is 0 Å². The van der Waals surface area contributed by atoms with Gasteiger partial charge in [-0.25, -0.2) is 0 Å². The number of non-ortho nitro benzene ring substituents is 1. The molecule has 0 aliphatic carbocycles. The van der Waals surface area contributed by atoms with Gasteiger partial charge >= 0.3 is 0 Å². The number of hydrogen-bond acceptors (Lipinski definition) is 6. The third-order valence-corrected chi connectivity index (χ3v) is 4.90. The third-order valence-electron chi connectivity index (χ3n) is 4.90. The van der Waals surface area contributed by atoms with Crippen LogP contribution in [0.15, 0.2) is 47.3 Å². The minimum Gasteiger partial charge on any atom is -0.472 e. The van der Waals surface area contributed by atoms with E-state index in [1.165, 1.54) is 24.7 Å². The Morgan fingerprint density at radius 1 is 1.17 bits per heavy atom. The van der Waals surface area contributed by atoms with Crippen LogP contribution in [0.3, 0.4) is 0 Å². The van der Waals surface area contributed by atoms with Crippen LogP contribution in [0.1, 0.15) is 36.0 Å².